The third kappa shape index (κ3) is 6.46. The van der Waals surface area contributed by atoms with Gasteiger partial charge in [0, 0.05) is 23.3 Å². The molecule has 2 heterocycles. The summed E-state index contributed by atoms with van der Waals surface area (Å²) in [6.45, 7) is 4.00. The molecule has 1 atom stereocenters. The SMILES string of the molecule is CCN1CCCC1CNS(=O)(=O)c1cccc(NC(=O)Oc2cnn(-c3ccc(Cl)cc3)c2C(F)(F)F)c1. The Morgan fingerprint density at radius 2 is 1.95 bits per heavy atom. The molecule has 1 amide bonds. The number of halogens is 4. The fourth-order valence-corrected chi connectivity index (χ4v) is 5.51. The number of nitrogens with one attached hydrogen (secondary N) is 2. The molecule has 3 aromatic rings. The minimum Gasteiger partial charge on any atom is -0.406 e. The molecule has 2 N–H and O–H groups in total. The van der Waals surface area contributed by atoms with Crippen molar-refractivity contribution in [2.45, 2.75) is 36.9 Å². The van der Waals surface area contributed by atoms with E-state index >= 15 is 0 Å². The molecule has 14 heteroatoms. The number of nitrogens with zero attached hydrogens (tertiary/aromatic N) is 3. The molecule has 0 bridgehead atoms. The van der Waals surface area contributed by atoms with Crippen LogP contribution in [0.15, 0.2) is 59.6 Å². The summed E-state index contributed by atoms with van der Waals surface area (Å²) < 4.78 is 75.2. The molecule has 0 aliphatic carbocycles. The molecule has 2 aromatic carbocycles. The Labute approximate surface area is 222 Å². The first kappa shape index (κ1) is 27.9. The molecule has 9 nitrogen and oxygen atoms in total. The normalized spacial score (nSPS) is 16.5. The second-order valence-electron chi connectivity index (χ2n) is 8.56. The van der Waals surface area contributed by atoms with E-state index in [0.717, 1.165) is 32.1 Å². The monoisotopic (exact) mass is 571 g/mol. The fraction of sp³-hybridized carbons (Fsp3) is 0.333. The molecule has 1 unspecified atom stereocenters. The molecule has 1 fully saturated rings. The van der Waals surface area contributed by atoms with Crippen LogP contribution in [-0.4, -0.2) is 54.9 Å². The molecule has 1 aliphatic heterocycles. The van der Waals surface area contributed by atoms with Gasteiger partial charge in [-0.1, -0.05) is 24.6 Å². The number of hydrogen-bond acceptors (Lipinski definition) is 6. The molecule has 38 heavy (non-hydrogen) atoms. The highest BCUT2D eigenvalue weighted by molar-refractivity contribution is 7.89. The summed E-state index contributed by atoms with van der Waals surface area (Å²) in [5, 5.41) is 6.30. The average molecular weight is 572 g/mol. The predicted molar refractivity (Wildman–Crippen MR) is 135 cm³/mol. The van der Waals surface area contributed by atoms with Crippen molar-refractivity contribution >= 4 is 33.4 Å². The number of benzene rings is 2. The molecule has 0 saturated carbocycles. The van der Waals surface area contributed by atoms with Gasteiger partial charge in [-0.2, -0.15) is 18.3 Å². The third-order valence-electron chi connectivity index (χ3n) is 6.08. The number of amides is 1. The summed E-state index contributed by atoms with van der Waals surface area (Å²) in [5.41, 5.74) is -1.22. The van der Waals surface area contributed by atoms with Gasteiger partial charge in [-0.05, 0) is 68.4 Å². The maximum absolute atomic E-state index is 13.8. The quantitative estimate of drug-likeness (QED) is 0.398. The Kier molecular flexibility index (Phi) is 8.31. The van der Waals surface area contributed by atoms with Crippen LogP contribution in [0.1, 0.15) is 25.5 Å². The van der Waals surface area contributed by atoms with E-state index in [9.17, 15) is 26.4 Å². The molecule has 4 rings (SSSR count). The van der Waals surface area contributed by atoms with Crippen LogP contribution in [0, 0.1) is 0 Å². The first-order chi connectivity index (χ1) is 18.0. The zero-order chi connectivity index (χ0) is 27.5. The molecular formula is C24H25ClF3N5O4S. The first-order valence-corrected chi connectivity index (χ1v) is 13.6. The summed E-state index contributed by atoms with van der Waals surface area (Å²) in [7, 11) is -3.89. The summed E-state index contributed by atoms with van der Waals surface area (Å²) in [6.07, 6.45) is -3.50. The van der Waals surface area contributed by atoms with Gasteiger partial charge in [-0.15, -0.1) is 0 Å². The molecule has 1 aliphatic rings. The van der Waals surface area contributed by atoms with Crippen molar-refractivity contribution in [1.29, 1.82) is 0 Å². The third-order valence-corrected chi connectivity index (χ3v) is 7.76. The summed E-state index contributed by atoms with van der Waals surface area (Å²) in [4.78, 5) is 14.5. The Hall–Kier alpha value is -3.13. The van der Waals surface area contributed by atoms with Crippen LogP contribution < -0.4 is 14.8 Å². The largest absolute Gasteiger partial charge is 0.437 e. The minimum absolute atomic E-state index is 0.0209. The molecule has 204 valence electrons. The van der Waals surface area contributed by atoms with Gasteiger partial charge in [-0.25, -0.2) is 22.6 Å². The van der Waals surface area contributed by atoms with E-state index in [1.807, 2.05) is 6.92 Å². The molecule has 0 radical (unpaired) electrons. The van der Waals surface area contributed by atoms with Crippen LogP contribution in [0.4, 0.5) is 23.7 Å². The lowest BCUT2D eigenvalue weighted by Gasteiger charge is -2.22. The number of hydrogen-bond donors (Lipinski definition) is 2. The minimum atomic E-state index is -4.90. The number of likely N-dealkylation sites (N-methyl/N-ethyl adjacent to an activating group) is 1. The molecule has 1 aromatic heterocycles. The molecule has 1 saturated heterocycles. The lowest BCUT2D eigenvalue weighted by molar-refractivity contribution is -0.143. The average Bonchev–Trinajstić information content (AvgIpc) is 3.50. The maximum atomic E-state index is 13.8. The molecular weight excluding hydrogens is 547 g/mol. The van der Waals surface area contributed by atoms with Crippen molar-refractivity contribution in [3.63, 3.8) is 0 Å². The van der Waals surface area contributed by atoms with Crippen molar-refractivity contribution in [3.8, 4) is 11.4 Å². The van der Waals surface area contributed by atoms with Crippen LogP contribution in [0.3, 0.4) is 0 Å². The topological polar surface area (TPSA) is 106 Å². The number of likely N-dealkylation sites (tertiary alicyclic amines) is 1. The van der Waals surface area contributed by atoms with Gasteiger partial charge in [-0.3, -0.25) is 10.2 Å². The van der Waals surface area contributed by atoms with E-state index in [2.05, 4.69) is 20.0 Å². The van der Waals surface area contributed by atoms with Gasteiger partial charge in [0.25, 0.3) is 0 Å². The maximum Gasteiger partial charge on any atom is 0.437 e. The number of sulfonamides is 1. The lowest BCUT2D eigenvalue weighted by atomic mass is 10.2. The van der Waals surface area contributed by atoms with Crippen molar-refractivity contribution < 1.29 is 31.1 Å². The number of rotatable bonds is 8. The van der Waals surface area contributed by atoms with Crippen molar-refractivity contribution in [3.05, 3.63) is 65.4 Å². The molecule has 0 spiro atoms. The van der Waals surface area contributed by atoms with Crippen LogP contribution in [-0.2, 0) is 16.2 Å². The number of ether oxygens (including phenoxy) is 1. The van der Waals surface area contributed by atoms with E-state index in [-0.39, 0.29) is 28.9 Å². The number of carbonyl (C=O) groups is 1. The van der Waals surface area contributed by atoms with Crippen molar-refractivity contribution in [2.75, 3.05) is 25.0 Å². The van der Waals surface area contributed by atoms with Crippen LogP contribution in [0.5, 0.6) is 5.75 Å². The summed E-state index contributed by atoms with van der Waals surface area (Å²) in [6, 6.07) is 10.9. The van der Waals surface area contributed by atoms with Gasteiger partial charge < -0.3 is 4.74 Å². The Bertz CT molecular complexity index is 1400. The van der Waals surface area contributed by atoms with Gasteiger partial charge in [0.1, 0.15) is 0 Å². The van der Waals surface area contributed by atoms with E-state index < -0.39 is 33.7 Å². The van der Waals surface area contributed by atoms with Crippen LogP contribution in [0.25, 0.3) is 5.69 Å². The number of alkyl halides is 3. The van der Waals surface area contributed by atoms with Crippen LogP contribution in [0.2, 0.25) is 5.02 Å². The Balaban J connectivity index is 1.47. The standard InChI is InChI=1S/C24H25ClF3N5O4S/c1-2-32-12-4-6-19(32)14-30-38(35,36)20-7-3-5-17(13-20)31-23(34)37-21-15-29-33(22(21)24(26,27)28)18-10-8-16(25)9-11-18/h3,5,7-11,13,15,19,30H,2,4,6,12,14H2,1H3,(H,31,34). The van der Waals surface area contributed by atoms with Crippen molar-refractivity contribution in [1.82, 2.24) is 19.4 Å². The Morgan fingerprint density at radius 1 is 1.21 bits per heavy atom. The van der Waals surface area contributed by atoms with Gasteiger partial charge in [0.15, 0.2) is 11.4 Å². The van der Waals surface area contributed by atoms with Gasteiger partial charge in [0.2, 0.25) is 10.0 Å². The van der Waals surface area contributed by atoms with Gasteiger partial charge >= 0.3 is 12.3 Å². The number of carbonyl (C=O) groups excluding carboxylic acids is 1. The highest BCUT2D eigenvalue weighted by Crippen LogP contribution is 2.38. The van der Waals surface area contributed by atoms with E-state index in [1.165, 1.54) is 48.5 Å². The zero-order valence-electron chi connectivity index (χ0n) is 20.2. The first-order valence-electron chi connectivity index (χ1n) is 11.7. The van der Waals surface area contributed by atoms with Crippen molar-refractivity contribution in [2.24, 2.45) is 0 Å². The van der Waals surface area contributed by atoms with Gasteiger partial charge in [0.05, 0.1) is 16.8 Å². The zero-order valence-corrected chi connectivity index (χ0v) is 21.8. The smallest absolute Gasteiger partial charge is 0.406 e. The van der Waals surface area contributed by atoms with E-state index in [0.29, 0.717) is 9.70 Å². The predicted octanol–water partition coefficient (Wildman–Crippen LogP) is 4.92. The van der Waals surface area contributed by atoms with E-state index in [4.69, 9.17) is 16.3 Å². The second-order valence-corrected chi connectivity index (χ2v) is 10.8. The second kappa shape index (κ2) is 11.3. The fourth-order valence-electron chi connectivity index (χ4n) is 4.26. The lowest BCUT2D eigenvalue weighted by Crippen LogP contribution is -2.40. The highest BCUT2D eigenvalue weighted by Gasteiger charge is 2.40. The number of aromatic nitrogens is 2. The summed E-state index contributed by atoms with van der Waals surface area (Å²) in [5.74, 6) is -0.826. The summed E-state index contributed by atoms with van der Waals surface area (Å²) >= 11 is 5.81. The van der Waals surface area contributed by atoms with Crippen LogP contribution >= 0.6 is 11.6 Å². The highest BCUT2D eigenvalue weighted by atomic mass is 35.5. The Morgan fingerprint density at radius 3 is 2.63 bits per heavy atom. The van der Waals surface area contributed by atoms with E-state index in [1.54, 1.807) is 0 Å². The number of anilines is 1.